The molecule has 1 saturated heterocycles. The smallest absolute Gasteiger partial charge is 0.303 e. The van der Waals surface area contributed by atoms with Gasteiger partial charge in [-0.3, -0.25) is 19.2 Å². The molecular formula is C24H28N2O10. The molecule has 0 amide bonds. The maximum Gasteiger partial charge on any atom is 0.303 e. The van der Waals surface area contributed by atoms with Crippen molar-refractivity contribution < 1.29 is 47.6 Å². The number of rotatable bonds is 8. The molecule has 1 aliphatic heterocycles. The minimum absolute atomic E-state index is 0.236. The number of hydrogen-bond acceptors (Lipinski definition) is 11. The SMILES string of the molecule is CC(=O)OC[C@H]1OC(Oc2cc(C)nn2-c2ccccc2)[C@H](OC(C)=O)[C@@H](OC(C)=O)[C@@H]1OC(C)=O. The molecule has 2 heterocycles. The van der Waals surface area contributed by atoms with Crippen LogP contribution in [-0.2, 0) is 42.9 Å². The summed E-state index contributed by atoms with van der Waals surface area (Å²) >= 11 is 0. The number of para-hydroxylation sites is 1. The highest BCUT2D eigenvalue weighted by Gasteiger charge is 2.53. The second-order valence-electron chi connectivity index (χ2n) is 8.06. The summed E-state index contributed by atoms with van der Waals surface area (Å²) in [6.45, 7) is 6.07. The van der Waals surface area contributed by atoms with Crippen LogP contribution in [0.4, 0.5) is 0 Å². The van der Waals surface area contributed by atoms with Crippen LogP contribution in [-0.4, -0.2) is 71.0 Å². The third kappa shape index (κ3) is 6.81. The van der Waals surface area contributed by atoms with Crippen LogP contribution in [0.5, 0.6) is 5.88 Å². The van der Waals surface area contributed by atoms with Crippen LogP contribution in [0.1, 0.15) is 33.4 Å². The molecule has 12 heteroatoms. The normalized spacial score (nSPS) is 23.3. The quantitative estimate of drug-likeness (QED) is 0.382. The molecule has 1 aliphatic rings. The van der Waals surface area contributed by atoms with Crippen molar-refractivity contribution in [2.24, 2.45) is 0 Å². The van der Waals surface area contributed by atoms with Crippen LogP contribution in [0.3, 0.4) is 0 Å². The van der Waals surface area contributed by atoms with E-state index in [-0.39, 0.29) is 12.5 Å². The molecule has 5 atom stereocenters. The van der Waals surface area contributed by atoms with Gasteiger partial charge >= 0.3 is 23.9 Å². The van der Waals surface area contributed by atoms with Crippen LogP contribution in [0.25, 0.3) is 5.69 Å². The lowest BCUT2D eigenvalue weighted by Crippen LogP contribution is -2.63. The summed E-state index contributed by atoms with van der Waals surface area (Å²) in [7, 11) is 0. The van der Waals surface area contributed by atoms with Gasteiger partial charge in [-0.05, 0) is 19.1 Å². The zero-order chi connectivity index (χ0) is 26.4. The summed E-state index contributed by atoms with van der Waals surface area (Å²) in [6, 6.07) is 10.8. The monoisotopic (exact) mass is 504 g/mol. The van der Waals surface area contributed by atoms with Gasteiger partial charge in [-0.1, -0.05) is 18.2 Å². The molecule has 194 valence electrons. The van der Waals surface area contributed by atoms with E-state index in [9.17, 15) is 19.2 Å². The summed E-state index contributed by atoms with van der Waals surface area (Å²) in [5, 5.41) is 4.44. The number of aromatic nitrogens is 2. The lowest BCUT2D eigenvalue weighted by Gasteiger charge is -2.43. The highest BCUT2D eigenvalue weighted by Crippen LogP contribution is 2.32. The van der Waals surface area contributed by atoms with E-state index < -0.39 is 54.6 Å². The van der Waals surface area contributed by atoms with Crippen molar-refractivity contribution in [1.82, 2.24) is 9.78 Å². The van der Waals surface area contributed by atoms with Crippen LogP contribution >= 0.6 is 0 Å². The van der Waals surface area contributed by atoms with E-state index in [4.69, 9.17) is 28.4 Å². The summed E-state index contributed by atoms with van der Waals surface area (Å²) in [4.78, 5) is 47.3. The van der Waals surface area contributed by atoms with Gasteiger partial charge in [0.2, 0.25) is 18.3 Å². The van der Waals surface area contributed by atoms with Crippen molar-refractivity contribution in [1.29, 1.82) is 0 Å². The standard InChI is InChI=1S/C24H28N2O10/c1-13-11-20(26(25-13)18-9-7-6-8-10-18)36-24-23(34-17(5)30)22(33-16(4)29)21(32-15(3)28)19(35-24)12-31-14(2)27/h6-11,19,21-24H,12H2,1-5H3/t19-,21-,22+,23-,24?/m1/s1. The van der Waals surface area contributed by atoms with Gasteiger partial charge in [0.25, 0.3) is 0 Å². The van der Waals surface area contributed by atoms with E-state index in [1.807, 2.05) is 30.3 Å². The Morgan fingerprint density at radius 1 is 0.861 bits per heavy atom. The lowest BCUT2D eigenvalue weighted by atomic mass is 9.98. The summed E-state index contributed by atoms with van der Waals surface area (Å²) < 4.78 is 34.9. The fourth-order valence-electron chi connectivity index (χ4n) is 3.72. The maximum absolute atomic E-state index is 12.0. The number of aryl methyl sites for hydroxylation is 1. The third-order valence-electron chi connectivity index (χ3n) is 4.98. The summed E-state index contributed by atoms with van der Waals surface area (Å²) in [6.07, 6.45) is -6.42. The molecule has 1 aromatic carbocycles. The molecule has 0 N–H and O–H groups in total. The lowest BCUT2D eigenvalue weighted by molar-refractivity contribution is -0.289. The Bertz CT molecular complexity index is 1100. The minimum atomic E-state index is -1.36. The predicted octanol–water partition coefficient (Wildman–Crippen LogP) is 1.64. The van der Waals surface area contributed by atoms with E-state index >= 15 is 0 Å². The number of hydrogen-bond donors (Lipinski definition) is 0. The van der Waals surface area contributed by atoms with Gasteiger partial charge in [0.1, 0.15) is 12.7 Å². The third-order valence-corrected chi connectivity index (χ3v) is 4.98. The van der Waals surface area contributed by atoms with Gasteiger partial charge in [-0.25, -0.2) is 4.68 Å². The number of benzene rings is 1. The molecule has 1 unspecified atom stereocenters. The molecule has 3 rings (SSSR count). The van der Waals surface area contributed by atoms with Crippen molar-refractivity contribution in [3.8, 4) is 11.6 Å². The zero-order valence-electron chi connectivity index (χ0n) is 20.5. The summed E-state index contributed by atoms with van der Waals surface area (Å²) in [5.74, 6) is -2.54. The minimum Gasteiger partial charge on any atom is -0.463 e. The first kappa shape index (κ1) is 26.7. The molecular weight excluding hydrogens is 476 g/mol. The molecule has 0 bridgehead atoms. The van der Waals surface area contributed by atoms with Crippen molar-refractivity contribution in [2.75, 3.05) is 6.61 Å². The Morgan fingerprint density at radius 3 is 2.03 bits per heavy atom. The molecule has 12 nitrogen and oxygen atoms in total. The molecule has 1 aromatic heterocycles. The topological polar surface area (TPSA) is 141 Å². The average Bonchev–Trinajstić information content (AvgIpc) is 3.16. The predicted molar refractivity (Wildman–Crippen MR) is 121 cm³/mol. The number of nitrogens with zero attached hydrogens (tertiary/aromatic N) is 2. The number of esters is 4. The Kier molecular flexibility index (Phi) is 8.64. The van der Waals surface area contributed by atoms with E-state index in [1.54, 1.807) is 13.0 Å². The van der Waals surface area contributed by atoms with Crippen LogP contribution < -0.4 is 4.74 Å². The number of carbonyl (C=O) groups is 4. The van der Waals surface area contributed by atoms with E-state index in [2.05, 4.69) is 5.10 Å². The van der Waals surface area contributed by atoms with Crippen LogP contribution in [0.15, 0.2) is 36.4 Å². The van der Waals surface area contributed by atoms with Crippen molar-refractivity contribution in [3.63, 3.8) is 0 Å². The highest BCUT2D eigenvalue weighted by molar-refractivity contribution is 5.68. The van der Waals surface area contributed by atoms with Gasteiger partial charge in [0, 0.05) is 33.8 Å². The second kappa shape index (κ2) is 11.7. The first-order valence-corrected chi connectivity index (χ1v) is 11.1. The van der Waals surface area contributed by atoms with Gasteiger partial charge in [-0.15, -0.1) is 0 Å². The summed E-state index contributed by atoms with van der Waals surface area (Å²) in [5.41, 5.74) is 1.31. The molecule has 0 spiro atoms. The van der Waals surface area contributed by atoms with E-state index in [1.165, 1.54) is 11.6 Å². The Labute approximate surface area is 207 Å². The van der Waals surface area contributed by atoms with Crippen LogP contribution in [0, 0.1) is 6.92 Å². The molecule has 0 aliphatic carbocycles. The zero-order valence-corrected chi connectivity index (χ0v) is 20.5. The largest absolute Gasteiger partial charge is 0.463 e. The highest BCUT2D eigenvalue weighted by atomic mass is 16.7. The fraction of sp³-hybridized carbons (Fsp3) is 0.458. The van der Waals surface area contributed by atoms with Gasteiger partial charge < -0.3 is 28.4 Å². The van der Waals surface area contributed by atoms with Crippen molar-refractivity contribution in [2.45, 2.75) is 65.3 Å². The second-order valence-corrected chi connectivity index (χ2v) is 8.06. The van der Waals surface area contributed by atoms with Gasteiger partial charge in [0.15, 0.2) is 12.2 Å². The Hall–Kier alpha value is -3.93. The van der Waals surface area contributed by atoms with Gasteiger partial charge in [-0.2, -0.15) is 5.10 Å². The van der Waals surface area contributed by atoms with Crippen LogP contribution in [0.2, 0.25) is 0 Å². The van der Waals surface area contributed by atoms with E-state index in [0.717, 1.165) is 20.8 Å². The molecule has 0 saturated carbocycles. The maximum atomic E-state index is 12.0. The fourth-order valence-corrected chi connectivity index (χ4v) is 3.72. The van der Waals surface area contributed by atoms with Gasteiger partial charge in [0.05, 0.1) is 11.4 Å². The first-order valence-electron chi connectivity index (χ1n) is 11.1. The average molecular weight is 504 g/mol. The van der Waals surface area contributed by atoms with Crippen molar-refractivity contribution >= 4 is 23.9 Å². The first-order chi connectivity index (χ1) is 17.0. The number of carbonyl (C=O) groups excluding carboxylic acids is 4. The molecule has 0 radical (unpaired) electrons. The Morgan fingerprint density at radius 2 is 1.44 bits per heavy atom. The molecule has 36 heavy (non-hydrogen) atoms. The Balaban J connectivity index is 2.03. The molecule has 1 fully saturated rings. The molecule has 2 aromatic rings. The van der Waals surface area contributed by atoms with E-state index in [0.29, 0.717) is 11.4 Å². The van der Waals surface area contributed by atoms with Crippen molar-refractivity contribution in [3.05, 3.63) is 42.1 Å². The number of ether oxygens (including phenoxy) is 6.